The molecule has 0 radical (unpaired) electrons. The lowest BCUT2D eigenvalue weighted by atomic mass is 9.97. The summed E-state index contributed by atoms with van der Waals surface area (Å²) in [5.41, 5.74) is 5.88. The van der Waals surface area contributed by atoms with Gasteiger partial charge in [-0.2, -0.15) is 0 Å². The maximum atomic E-state index is 7.13. The third kappa shape index (κ3) is 18.5. The van der Waals surface area contributed by atoms with Gasteiger partial charge in [0.15, 0.2) is 0 Å². The Kier molecular flexibility index (Phi) is 11.4. The maximum Gasteiger partial charge on any atom is 0.00436 e. The predicted octanol–water partition coefficient (Wildman–Crippen LogP) is 2.42. The summed E-state index contributed by atoms with van der Waals surface area (Å²) < 4.78 is 0. The van der Waals surface area contributed by atoms with E-state index in [4.69, 9.17) is 11.0 Å². The minimum Gasteiger partial charge on any atom is -0.696 e. The average molecular weight is 201 g/mol. The summed E-state index contributed by atoms with van der Waals surface area (Å²) >= 11 is 3.70. The second-order valence-corrected chi connectivity index (χ2v) is 4.29. The van der Waals surface area contributed by atoms with Gasteiger partial charge in [0.05, 0.1) is 0 Å². The first-order valence-electron chi connectivity index (χ1n) is 4.70. The molecule has 0 unspecified atom stereocenters. The molecule has 0 aromatic heterocycles. The van der Waals surface area contributed by atoms with Crippen LogP contribution in [0, 0.1) is 22.5 Å². The first-order valence-corrected chi connectivity index (χ1v) is 5.11. The number of hydrogen-bond donors (Lipinski definition) is 1. The smallest absolute Gasteiger partial charge is 0.00436 e. The van der Waals surface area contributed by atoms with Crippen molar-refractivity contribution in [2.45, 2.75) is 46.6 Å². The van der Waals surface area contributed by atoms with Crippen molar-refractivity contribution in [2.24, 2.45) is 17.6 Å². The van der Waals surface area contributed by atoms with Crippen molar-refractivity contribution >= 4 is 12.6 Å². The number of nitrogens with zero attached hydrogens (tertiary/aromatic N) is 1. The van der Waals surface area contributed by atoms with Crippen molar-refractivity contribution in [1.29, 1.82) is 5.26 Å². The van der Waals surface area contributed by atoms with E-state index in [9.17, 15) is 0 Å². The maximum absolute atomic E-state index is 7.13. The normalized spacial score (nSPS) is 9.77. The van der Waals surface area contributed by atoms with Crippen molar-refractivity contribution in [2.75, 3.05) is 0 Å². The third-order valence-electron chi connectivity index (χ3n) is 1.55. The number of nitrogens with two attached hydrogens (primary N) is 1. The molecule has 0 spiro atoms. The minimum absolute atomic E-state index is 0.417. The van der Waals surface area contributed by atoms with Gasteiger partial charge in [0.1, 0.15) is 0 Å². The van der Waals surface area contributed by atoms with Gasteiger partial charge < -0.3 is 18.4 Å². The van der Waals surface area contributed by atoms with Crippen LogP contribution in [0.25, 0.3) is 0 Å². The summed E-state index contributed by atoms with van der Waals surface area (Å²) in [6.45, 7) is 8.89. The predicted molar refractivity (Wildman–Crippen MR) is 59.9 cm³/mol. The van der Waals surface area contributed by atoms with Gasteiger partial charge in [-0.25, -0.2) is 5.26 Å². The quantitative estimate of drug-likeness (QED) is 0.561. The monoisotopic (exact) mass is 201 g/mol. The SMILES string of the molecule is CC(C)CC(N)CC(C)C.N#C[S-]. The molecule has 2 nitrogen and oxygen atoms in total. The van der Waals surface area contributed by atoms with Crippen LogP contribution >= 0.6 is 0 Å². The molecule has 0 heterocycles. The summed E-state index contributed by atoms with van der Waals surface area (Å²) in [5.74, 6) is 1.49. The fourth-order valence-corrected chi connectivity index (χ4v) is 1.31. The van der Waals surface area contributed by atoms with Gasteiger partial charge in [0.2, 0.25) is 0 Å². The molecule has 0 amide bonds. The Bertz CT molecular complexity index is 128. The summed E-state index contributed by atoms with van der Waals surface area (Å²) in [7, 11) is 0. The molecule has 0 saturated carbocycles. The van der Waals surface area contributed by atoms with Crippen molar-refractivity contribution < 1.29 is 0 Å². The Balaban J connectivity index is 0. The molecule has 13 heavy (non-hydrogen) atoms. The van der Waals surface area contributed by atoms with Crippen LogP contribution in [0.4, 0.5) is 0 Å². The van der Waals surface area contributed by atoms with Crippen LogP contribution in [0.15, 0.2) is 0 Å². The highest BCUT2D eigenvalue weighted by molar-refractivity contribution is 7.64. The highest BCUT2D eigenvalue weighted by Gasteiger charge is 2.06. The Morgan fingerprint density at radius 1 is 1.15 bits per heavy atom. The zero-order chi connectivity index (χ0) is 10.9. The van der Waals surface area contributed by atoms with E-state index in [-0.39, 0.29) is 0 Å². The molecular formula is C10H21N2S-. The van der Waals surface area contributed by atoms with E-state index in [1.807, 2.05) is 0 Å². The fraction of sp³-hybridized carbons (Fsp3) is 0.900. The molecule has 0 aromatic carbocycles. The first-order chi connectivity index (χ1) is 5.93. The molecule has 0 saturated heterocycles. The van der Waals surface area contributed by atoms with Gasteiger partial charge in [-0.1, -0.05) is 33.1 Å². The Morgan fingerprint density at radius 2 is 1.38 bits per heavy atom. The van der Waals surface area contributed by atoms with Gasteiger partial charge in [-0.3, -0.25) is 0 Å². The van der Waals surface area contributed by atoms with E-state index in [2.05, 4.69) is 40.3 Å². The second kappa shape index (κ2) is 9.76. The largest absolute Gasteiger partial charge is 0.696 e. The van der Waals surface area contributed by atoms with Crippen molar-refractivity contribution in [3.05, 3.63) is 0 Å². The van der Waals surface area contributed by atoms with Crippen molar-refractivity contribution in [1.82, 2.24) is 0 Å². The molecule has 78 valence electrons. The molecule has 0 atom stereocenters. The average Bonchev–Trinajstić information content (AvgIpc) is 1.83. The van der Waals surface area contributed by atoms with Crippen LogP contribution in [-0.2, 0) is 12.6 Å². The Labute approximate surface area is 87.9 Å². The molecule has 0 aliphatic carbocycles. The molecular weight excluding hydrogens is 180 g/mol. The lowest BCUT2D eigenvalue weighted by Crippen LogP contribution is -2.23. The highest BCUT2D eigenvalue weighted by Crippen LogP contribution is 2.10. The molecule has 0 rings (SSSR count). The number of hydrogen-bond acceptors (Lipinski definition) is 3. The van der Waals surface area contributed by atoms with E-state index in [1.165, 1.54) is 5.40 Å². The standard InChI is InChI=1S/C9H21N.CHNS/c1-7(2)5-9(10)6-8(3)4;2-1-3/h7-9H,5-6,10H2,1-4H3;3H/p-1. The fourth-order valence-electron chi connectivity index (χ4n) is 1.31. The molecule has 0 aromatic rings. The first kappa shape index (κ1) is 15.2. The van der Waals surface area contributed by atoms with Crippen LogP contribution < -0.4 is 5.73 Å². The molecule has 0 bridgehead atoms. The third-order valence-corrected chi connectivity index (χ3v) is 1.55. The number of thiocyanates is 1. The summed E-state index contributed by atoms with van der Waals surface area (Å²) in [6, 6.07) is 0.417. The van der Waals surface area contributed by atoms with Gasteiger partial charge in [-0.05, 0) is 24.7 Å². The molecule has 3 heteroatoms. The van der Waals surface area contributed by atoms with Crippen LogP contribution in [0.2, 0.25) is 0 Å². The van der Waals surface area contributed by atoms with Crippen LogP contribution in [-0.4, -0.2) is 6.04 Å². The molecule has 0 fully saturated rings. The molecule has 0 aliphatic rings. The number of rotatable bonds is 4. The van der Waals surface area contributed by atoms with Gasteiger partial charge in [0.25, 0.3) is 0 Å². The van der Waals surface area contributed by atoms with Crippen molar-refractivity contribution in [3.8, 4) is 5.40 Å². The van der Waals surface area contributed by atoms with E-state index < -0.39 is 0 Å². The Hall–Kier alpha value is -0.330. The van der Waals surface area contributed by atoms with Gasteiger partial charge >= 0.3 is 0 Å². The van der Waals surface area contributed by atoms with Crippen LogP contribution in [0.5, 0.6) is 0 Å². The molecule has 0 aliphatic heterocycles. The second-order valence-electron chi connectivity index (χ2n) is 4.11. The zero-order valence-electron chi connectivity index (χ0n) is 9.08. The van der Waals surface area contributed by atoms with E-state index in [1.54, 1.807) is 0 Å². The summed E-state index contributed by atoms with van der Waals surface area (Å²) in [4.78, 5) is 0. The zero-order valence-corrected chi connectivity index (χ0v) is 9.90. The lowest BCUT2D eigenvalue weighted by molar-refractivity contribution is 0.422. The van der Waals surface area contributed by atoms with E-state index in [0.29, 0.717) is 6.04 Å². The lowest BCUT2D eigenvalue weighted by Gasteiger charge is -2.15. The minimum atomic E-state index is 0.417. The Morgan fingerprint density at radius 3 is 1.54 bits per heavy atom. The highest BCUT2D eigenvalue weighted by atomic mass is 32.1. The van der Waals surface area contributed by atoms with Gasteiger partial charge in [0, 0.05) is 6.04 Å². The van der Waals surface area contributed by atoms with E-state index in [0.717, 1.165) is 24.7 Å². The number of nitriles is 1. The van der Waals surface area contributed by atoms with E-state index >= 15 is 0 Å². The summed E-state index contributed by atoms with van der Waals surface area (Å²) in [6.07, 6.45) is 2.33. The van der Waals surface area contributed by atoms with Crippen molar-refractivity contribution in [3.63, 3.8) is 0 Å². The van der Waals surface area contributed by atoms with Crippen LogP contribution in [0.3, 0.4) is 0 Å². The van der Waals surface area contributed by atoms with Crippen LogP contribution in [0.1, 0.15) is 40.5 Å². The summed E-state index contributed by atoms with van der Waals surface area (Å²) in [5, 5.41) is 8.47. The topological polar surface area (TPSA) is 49.8 Å². The van der Waals surface area contributed by atoms with Gasteiger partial charge in [-0.15, -0.1) is 0 Å². The molecule has 2 N–H and O–H groups in total.